The van der Waals surface area contributed by atoms with E-state index in [1.165, 1.54) is 25.7 Å². The minimum absolute atomic E-state index is 0.231. The van der Waals surface area contributed by atoms with E-state index in [2.05, 4.69) is 230 Å². The molecule has 120 heavy (non-hydrogen) atoms. The Bertz CT molecular complexity index is 3930. The molecule has 8 heterocycles. The summed E-state index contributed by atoms with van der Waals surface area (Å²) in [7, 11) is 37.1. The minimum Gasteiger partial charge on any atom is -0.368 e. The molecule has 0 radical (unpaired) electrons. The van der Waals surface area contributed by atoms with Crippen LogP contribution in [0.5, 0.6) is 0 Å². The number of nitrogens with one attached hydrogen (secondary N) is 12. The maximum absolute atomic E-state index is 5.60. The average molecular weight is 1680 g/mol. The molecule has 0 spiro atoms. The second kappa shape index (κ2) is 60.7. The standard InChI is InChI=1S/C11H22N6.2C10H20N6.2C9H18N6.2C8H16N6.C7H14N6/c1-5-6-7-8-17(4)11-15-9(12-2)14-10(13-3)16-11;1-5-6-7-16(4)10-14-8(11-2)13-9(12-3)15-10;1-4-5-6-7-12-9-13-8(11)14-10(15-9)16(2)3;1-5-6-15(4)9-13-7(10-2)12-8(11-3)14-9;1-4-5-6-11-8-12-7(10)13-9(14-8)15(2)3;1-5-14(4)8-12-6(9-2)11-7(10-3)13-8;1-4-5-10-7-11-6(9)12-8(13-7)14(2)3;1-4-9-6-10-5(8)11-7(12-6)13(2)3/h5-8H2,1-4H3,(H2,12,13,14,15,16);5-7H2,1-4H3,(H2,11,12,13,14,15);4-7H2,1-3H3,(H3,11,12,13,14,15);5-6H2,1-4H3,(H2,10,11,12,13,14);4-6H2,1-3H3,(H3,10,11,12,13,14);5H2,1-4H3,(H2,9,10,11,12,13);4-5H2,1-3H3,(H3,9,10,11,12,13);4H2,1-3H3,(H3,8,9,10,11,12). The van der Waals surface area contributed by atoms with Crippen molar-refractivity contribution in [3.8, 4) is 0 Å². The summed E-state index contributed by atoms with van der Waals surface area (Å²) in [4.78, 5) is 115. The van der Waals surface area contributed by atoms with Gasteiger partial charge in [-0.2, -0.15) is 120 Å². The van der Waals surface area contributed by atoms with Crippen molar-refractivity contribution >= 4 is 143 Å². The van der Waals surface area contributed by atoms with Gasteiger partial charge in [0.25, 0.3) is 0 Å². The summed E-state index contributed by atoms with van der Waals surface area (Å²) in [6, 6.07) is 0. The molecular formula is C72H144N48. The van der Waals surface area contributed by atoms with Crippen LogP contribution in [0.2, 0.25) is 0 Å². The summed E-state index contributed by atoms with van der Waals surface area (Å²) in [6.07, 6.45) is 13.7. The van der Waals surface area contributed by atoms with Gasteiger partial charge in [0.2, 0.25) is 143 Å². The molecule has 0 fully saturated rings. The zero-order chi connectivity index (χ0) is 90.1. The Balaban J connectivity index is 0.000000686. The molecule has 0 aliphatic rings. The molecular weight excluding hydrogens is 1540 g/mol. The van der Waals surface area contributed by atoms with Crippen LogP contribution in [0, 0.1) is 0 Å². The number of unbranched alkanes of at least 4 members (excludes halogenated alkanes) is 6. The molecule has 0 bridgehead atoms. The minimum atomic E-state index is 0.231. The first-order chi connectivity index (χ1) is 57.3. The summed E-state index contributed by atoms with van der Waals surface area (Å²) in [5.74, 6) is 12.7. The smallest absolute Gasteiger partial charge is 0.231 e. The van der Waals surface area contributed by atoms with Crippen molar-refractivity contribution in [2.45, 2.75) is 132 Å². The van der Waals surface area contributed by atoms with Gasteiger partial charge in [-0.1, -0.05) is 80.1 Å². The summed E-state index contributed by atoms with van der Waals surface area (Å²) in [6.45, 7) is 23.9. The van der Waals surface area contributed by atoms with Gasteiger partial charge in [-0.05, 0) is 52.4 Å². The van der Waals surface area contributed by atoms with E-state index in [-0.39, 0.29) is 23.8 Å². The molecule has 8 rings (SSSR count). The fourth-order valence-corrected chi connectivity index (χ4v) is 8.79. The van der Waals surface area contributed by atoms with Gasteiger partial charge in [0, 0.05) is 193 Å². The molecule has 0 aliphatic carbocycles. The maximum Gasteiger partial charge on any atom is 0.231 e. The molecule has 0 amide bonds. The van der Waals surface area contributed by atoms with Crippen LogP contribution in [-0.4, -0.2) is 313 Å². The number of nitrogens with two attached hydrogens (primary N) is 4. The van der Waals surface area contributed by atoms with Gasteiger partial charge in [0.15, 0.2) is 0 Å². The summed E-state index contributed by atoms with van der Waals surface area (Å²) in [5.41, 5.74) is 22.2. The Kier molecular flexibility index (Phi) is 53.3. The van der Waals surface area contributed by atoms with Crippen molar-refractivity contribution in [3.05, 3.63) is 0 Å². The van der Waals surface area contributed by atoms with Gasteiger partial charge in [-0.15, -0.1) is 0 Å². The predicted octanol–water partition coefficient (Wildman–Crippen LogP) is 6.13. The molecule has 672 valence electrons. The Labute approximate surface area is 711 Å². The normalized spacial score (nSPS) is 9.97. The molecule has 20 N–H and O–H groups in total. The third-order valence-electron chi connectivity index (χ3n) is 15.5. The molecule has 0 unspecified atom stereocenters. The number of aromatic nitrogens is 24. The molecule has 0 saturated carbocycles. The zero-order valence-corrected chi connectivity index (χ0v) is 76.8. The van der Waals surface area contributed by atoms with Crippen LogP contribution in [0.3, 0.4) is 0 Å². The Morgan fingerprint density at radius 1 is 0.208 bits per heavy atom. The van der Waals surface area contributed by atoms with Gasteiger partial charge >= 0.3 is 0 Å². The lowest BCUT2D eigenvalue weighted by Gasteiger charge is -2.17. The first-order valence-electron chi connectivity index (χ1n) is 40.4. The van der Waals surface area contributed by atoms with E-state index >= 15 is 0 Å². The van der Waals surface area contributed by atoms with Crippen molar-refractivity contribution in [3.63, 3.8) is 0 Å². The van der Waals surface area contributed by atoms with E-state index in [0.717, 1.165) is 104 Å². The Morgan fingerprint density at radius 2 is 0.450 bits per heavy atom. The molecule has 48 nitrogen and oxygen atoms in total. The molecule has 48 heteroatoms. The average Bonchev–Trinajstić information content (AvgIpc) is 0.848. The van der Waals surface area contributed by atoms with E-state index in [9.17, 15) is 0 Å². The SMILES string of the molecule is CCCCCN(C)c1nc(NC)nc(NC)n1.CCCCCNc1nc(N)nc(N(C)C)n1.CCCCN(C)c1nc(NC)nc(NC)n1.CCCCNc1nc(N)nc(N(C)C)n1.CCCN(C)c1nc(NC)nc(NC)n1.CCCNc1nc(N)nc(N(C)C)n1.CCN(C)c1nc(NC)nc(NC)n1.CCNc1nc(N)nc(N(C)C)n1. The number of nitrogens with zero attached hydrogens (tertiary/aromatic N) is 32. The van der Waals surface area contributed by atoms with Gasteiger partial charge < -0.3 is 126 Å². The van der Waals surface area contributed by atoms with Crippen molar-refractivity contribution in [2.24, 2.45) is 0 Å². The lowest BCUT2D eigenvalue weighted by Crippen LogP contribution is -2.22. The van der Waals surface area contributed by atoms with Crippen LogP contribution in [0.25, 0.3) is 0 Å². The molecule has 0 aromatic carbocycles. The molecule has 0 atom stereocenters. The second-order valence-corrected chi connectivity index (χ2v) is 26.7. The number of nitrogen functional groups attached to an aromatic ring is 4. The van der Waals surface area contributed by atoms with Crippen molar-refractivity contribution in [2.75, 3.05) is 319 Å². The van der Waals surface area contributed by atoms with E-state index in [4.69, 9.17) is 22.9 Å². The van der Waals surface area contributed by atoms with Gasteiger partial charge in [0.05, 0.1) is 0 Å². The van der Waals surface area contributed by atoms with Crippen molar-refractivity contribution in [1.82, 2.24) is 120 Å². The van der Waals surface area contributed by atoms with Crippen LogP contribution in [-0.2, 0) is 0 Å². The fraction of sp³-hybridized carbons (Fsp3) is 0.667. The first kappa shape index (κ1) is 105. The van der Waals surface area contributed by atoms with Crippen LogP contribution in [0.15, 0.2) is 0 Å². The van der Waals surface area contributed by atoms with Crippen molar-refractivity contribution in [1.29, 1.82) is 0 Å². The zero-order valence-electron chi connectivity index (χ0n) is 76.8. The first-order valence-corrected chi connectivity index (χ1v) is 40.4. The predicted molar refractivity (Wildman–Crippen MR) is 498 cm³/mol. The van der Waals surface area contributed by atoms with Crippen LogP contribution in [0.1, 0.15) is 132 Å². The van der Waals surface area contributed by atoms with E-state index < -0.39 is 0 Å². The Morgan fingerprint density at radius 3 is 0.700 bits per heavy atom. The van der Waals surface area contributed by atoms with Gasteiger partial charge in [-0.3, -0.25) is 0 Å². The number of rotatable bonds is 40. The number of hydrogen-bond donors (Lipinski definition) is 16. The van der Waals surface area contributed by atoms with Gasteiger partial charge in [0.1, 0.15) is 0 Å². The van der Waals surface area contributed by atoms with Crippen LogP contribution < -0.4 is 126 Å². The topological polar surface area (TPSA) is 584 Å². The third kappa shape index (κ3) is 42.9. The highest BCUT2D eigenvalue weighted by atomic mass is 15.4. The van der Waals surface area contributed by atoms with Gasteiger partial charge in [-0.25, -0.2) is 0 Å². The second-order valence-electron chi connectivity index (χ2n) is 26.7. The fourth-order valence-electron chi connectivity index (χ4n) is 8.79. The van der Waals surface area contributed by atoms with E-state index in [1.54, 1.807) is 76.0 Å². The van der Waals surface area contributed by atoms with Crippen LogP contribution >= 0.6 is 0 Å². The summed E-state index contributed by atoms with van der Waals surface area (Å²) >= 11 is 0. The van der Waals surface area contributed by atoms with Crippen LogP contribution in [0.4, 0.5) is 143 Å². The molecule has 0 aliphatic heterocycles. The highest BCUT2D eigenvalue weighted by Gasteiger charge is 2.15. The lowest BCUT2D eigenvalue weighted by atomic mass is 10.2. The maximum atomic E-state index is 5.60. The van der Waals surface area contributed by atoms with Crippen molar-refractivity contribution < 1.29 is 0 Å². The summed E-state index contributed by atoms with van der Waals surface area (Å²) in [5, 5.41) is 35.6. The third-order valence-corrected chi connectivity index (χ3v) is 15.5. The van der Waals surface area contributed by atoms with E-state index in [1.807, 2.05) is 113 Å². The largest absolute Gasteiger partial charge is 0.368 e. The summed E-state index contributed by atoms with van der Waals surface area (Å²) < 4.78 is 0. The van der Waals surface area contributed by atoms with E-state index in [0.29, 0.717) is 119 Å². The number of anilines is 24. The molecule has 8 aromatic heterocycles. The molecule has 8 aromatic rings. The highest BCUT2D eigenvalue weighted by Crippen LogP contribution is 2.18. The highest BCUT2D eigenvalue weighted by molar-refractivity contribution is 5.48. The Hall–Kier alpha value is -12.7. The quantitative estimate of drug-likeness (QED) is 0.0192. The lowest BCUT2D eigenvalue weighted by molar-refractivity contribution is 0.695. The monoisotopic (exact) mass is 1680 g/mol. The molecule has 0 saturated heterocycles. The number of hydrogen-bond acceptors (Lipinski definition) is 48.